The van der Waals surface area contributed by atoms with E-state index in [0.717, 1.165) is 6.54 Å². The lowest BCUT2D eigenvalue weighted by molar-refractivity contribution is -0.126. The van der Waals surface area contributed by atoms with Gasteiger partial charge in [0.15, 0.2) is 0 Å². The van der Waals surface area contributed by atoms with Gasteiger partial charge >= 0.3 is 0 Å². The Kier molecular flexibility index (Phi) is 4.34. The smallest absolute Gasteiger partial charge is 0.238 e. The van der Waals surface area contributed by atoms with Crippen LogP contribution in [0.5, 0.6) is 5.75 Å². The summed E-state index contributed by atoms with van der Waals surface area (Å²) in [5, 5.41) is 15.5. The highest BCUT2D eigenvalue weighted by atomic mass is 19.1. The molecule has 1 amide bonds. The van der Waals surface area contributed by atoms with Crippen molar-refractivity contribution in [1.29, 1.82) is 0 Å². The van der Waals surface area contributed by atoms with Crippen LogP contribution in [-0.2, 0) is 11.3 Å². The van der Waals surface area contributed by atoms with Gasteiger partial charge in [0.2, 0.25) is 5.91 Å². The number of aromatic hydroxyl groups is 1. The summed E-state index contributed by atoms with van der Waals surface area (Å²) >= 11 is 0. The van der Waals surface area contributed by atoms with E-state index < -0.39 is 0 Å². The SMILES string of the molecule is CNC(=O)C1CNCCN1Cc1cc(F)ccc1O. The lowest BCUT2D eigenvalue weighted by Gasteiger charge is -2.34. The molecule has 0 radical (unpaired) electrons. The number of hydrogen-bond donors (Lipinski definition) is 3. The fourth-order valence-corrected chi connectivity index (χ4v) is 2.26. The van der Waals surface area contributed by atoms with Crippen LogP contribution >= 0.6 is 0 Å². The molecule has 104 valence electrons. The summed E-state index contributed by atoms with van der Waals surface area (Å²) in [4.78, 5) is 13.7. The molecule has 19 heavy (non-hydrogen) atoms. The zero-order chi connectivity index (χ0) is 13.8. The van der Waals surface area contributed by atoms with Gasteiger partial charge in [0.1, 0.15) is 17.6 Å². The van der Waals surface area contributed by atoms with Crippen LogP contribution in [0.1, 0.15) is 5.56 Å². The minimum atomic E-state index is -0.389. The van der Waals surface area contributed by atoms with Gasteiger partial charge in [0.25, 0.3) is 0 Å². The second-order valence-electron chi connectivity index (χ2n) is 4.58. The molecule has 1 fully saturated rings. The molecule has 0 saturated carbocycles. The van der Waals surface area contributed by atoms with Crippen LogP contribution in [0, 0.1) is 5.82 Å². The molecule has 3 N–H and O–H groups in total. The van der Waals surface area contributed by atoms with Crippen LogP contribution < -0.4 is 10.6 Å². The first-order chi connectivity index (χ1) is 9.11. The maximum absolute atomic E-state index is 13.2. The first kappa shape index (κ1) is 13.8. The molecule has 1 saturated heterocycles. The summed E-state index contributed by atoms with van der Waals surface area (Å²) in [6, 6.07) is 3.55. The van der Waals surface area contributed by atoms with Gasteiger partial charge in [-0.15, -0.1) is 0 Å². The number of benzene rings is 1. The van der Waals surface area contributed by atoms with Gasteiger partial charge < -0.3 is 15.7 Å². The molecule has 0 bridgehead atoms. The van der Waals surface area contributed by atoms with Crippen LogP contribution in [0.25, 0.3) is 0 Å². The molecule has 2 rings (SSSR count). The maximum Gasteiger partial charge on any atom is 0.238 e. The van der Waals surface area contributed by atoms with Crippen LogP contribution in [0.4, 0.5) is 4.39 Å². The number of carbonyl (C=O) groups is 1. The molecule has 0 spiro atoms. The number of likely N-dealkylation sites (N-methyl/N-ethyl adjacent to an activating group) is 1. The third kappa shape index (κ3) is 3.21. The maximum atomic E-state index is 13.2. The number of piperazine rings is 1. The first-order valence-corrected chi connectivity index (χ1v) is 6.25. The summed E-state index contributed by atoms with van der Waals surface area (Å²) in [6.45, 7) is 2.34. The number of phenolic OH excluding ortho intramolecular Hbond substituents is 1. The highest BCUT2D eigenvalue weighted by molar-refractivity contribution is 5.81. The Balaban J connectivity index is 2.15. The summed E-state index contributed by atoms with van der Waals surface area (Å²) in [7, 11) is 1.59. The fraction of sp³-hybridized carbons (Fsp3) is 0.462. The molecule has 6 heteroatoms. The lowest BCUT2D eigenvalue weighted by atomic mass is 10.1. The highest BCUT2D eigenvalue weighted by Crippen LogP contribution is 2.21. The molecule has 1 aromatic rings. The van der Waals surface area contributed by atoms with Gasteiger partial charge in [-0.1, -0.05) is 0 Å². The Morgan fingerprint density at radius 3 is 3.16 bits per heavy atom. The van der Waals surface area contributed by atoms with Crippen molar-refractivity contribution in [2.24, 2.45) is 0 Å². The van der Waals surface area contributed by atoms with Gasteiger partial charge in [0, 0.05) is 38.8 Å². The van der Waals surface area contributed by atoms with Crippen LogP contribution in [0.3, 0.4) is 0 Å². The van der Waals surface area contributed by atoms with Gasteiger partial charge in [0.05, 0.1) is 0 Å². The van der Waals surface area contributed by atoms with E-state index in [2.05, 4.69) is 10.6 Å². The van der Waals surface area contributed by atoms with E-state index in [1.807, 2.05) is 4.90 Å². The van der Waals surface area contributed by atoms with Crippen molar-refractivity contribution >= 4 is 5.91 Å². The highest BCUT2D eigenvalue weighted by Gasteiger charge is 2.28. The number of halogens is 1. The van der Waals surface area contributed by atoms with E-state index in [0.29, 0.717) is 25.2 Å². The quantitative estimate of drug-likeness (QED) is 0.724. The standard InChI is InChI=1S/C13H18FN3O2/c1-15-13(19)11-7-16-4-5-17(11)8-9-6-10(14)2-3-12(9)18/h2-3,6,11,16,18H,4-5,7-8H2,1H3,(H,15,19). The zero-order valence-corrected chi connectivity index (χ0v) is 10.8. The number of hydrogen-bond acceptors (Lipinski definition) is 4. The minimum Gasteiger partial charge on any atom is -0.508 e. The zero-order valence-electron chi connectivity index (χ0n) is 10.8. The summed E-state index contributed by atoms with van der Waals surface area (Å²) in [5.74, 6) is -0.418. The molecule has 0 aliphatic carbocycles. The molecular formula is C13H18FN3O2. The molecule has 1 aromatic carbocycles. The Bertz CT molecular complexity index is 467. The predicted molar refractivity (Wildman–Crippen MR) is 69.2 cm³/mol. The van der Waals surface area contributed by atoms with Crippen molar-refractivity contribution in [1.82, 2.24) is 15.5 Å². The van der Waals surface area contributed by atoms with Crippen molar-refractivity contribution in [3.8, 4) is 5.75 Å². The summed E-state index contributed by atoms with van der Waals surface area (Å²) < 4.78 is 13.2. The number of nitrogens with zero attached hydrogens (tertiary/aromatic N) is 1. The molecule has 5 nitrogen and oxygen atoms in total. The number of nitrogens with one attached hydrogen (secondary N) is 2. The monoisotopic (exact) mass is 267 g/mol. The molecular weight excluding hydrogens is 249 g/mol. The third-order valence-electron chi connectivity index (χ3n) is 3.32. The molecule has 1 aliphatic heterocycles. The van der Waals surface area contributed by atoms with Crippen LogP contribution in [0.15, 0.2) is 18.2 Å². The summed E-state index contributed by atoms with van der Waals surface area (Å²) in [6.07, 6.45) is 0. The molecule has 1 unspecified atom stereocenters. The van der Waals surface area contributed by atoms with E-state index in [4.69, 9.17) is 0 Å². The Morgan fingerprint density at radius 2 is 2.42 bits per heavy atom. The Labute approximate surface area is 111 Å². The van der Waals surface area contributed by atoms with E-state index in [1.165, 1.54) is 18.2 Å². The molecule has 0 aromatic heterocycles. The fourth-order valence-electron chi connectivity index (χ4n) is 2.26. The van der Waals surface area contributed by atoms with Crippen molar-refractivity contribution < 1.29 is 14.3 Å². The largest absolute Gasteiger partial charge is 0.508 e. The van der Waals surface area contributed by atoms with Crippen molar-refractivity contribution in [3.63, 3.8) is 0 Å². The Morgan fingerprint density at radius 1 is 1.63 bits per heavy atom. The van der Waals surface area contributed by atoms with Crippen molar-refractivity contribution in [3.05, 3.63) is 29.6 Å². The molecule has 1 heterocycles. The second kappa shape index (κ2) is 5.99. The first-order valence-electron chi connectivity index (χ1n) is 6.25. The normalized spacial score (nSPS) is 20.2. The number of amides is 1. The summed E-state index contributed by atoms with van der Waals surface area (Å²) in [5.41, 5.74) is 0.496. The minimum absolute atomic E-state index is 0.0515. The predicted octanol–water partition coefficient (Wildman–Crippen LogP) is 0.0511. The lowest BCUT2D eigenvalue weighted by Crippen LogP contribution is -2.56. The third-order valence-corrected chi connectivity index (χ3v) is 3.32. The average Bonchev–Trinajstić information content (AvgIpc) is 2.42. The van der Waals surface area contributed by atoms with E-state index in [9.17, 15) is 14.3 Å². The van der Waals surface area contributed by atoms with Crippen molar-refractivity contribution in [2.45, 2.75) is 12.6 Å². The van der Waals surface area contributed by atoms with Gasteiger partial charge in [-0.25, -0.2) is 4.39 Å². The number of carbonyl (C=O) groups excluding carboxylic acids is 1. The van der Waals surface area contributed by atoms with Crippen molar-refractivity contribution in [2.75, 3.05) is 26.7 Å². The average molecular weight is 267 g/mol. The van der Waals surface area contributed by atoms with Gasteiger partial charge in [-0.05, 0) is 18.2 Å². The Hall–Kier alpha value is -1.66. The van der Waals surface area contributed by atoms with E-state index in [1.54, 1.807) is 7.05 Å². The number of rotatable bonds is 3. The van der Waals surface area contributed by atoms with E-state index >= 15 is 0 Å². The van der Waals surface area contributed by atoms with E-state index in [-0.39, 0.29) is 23.5 Å². The van der Waals surface area contributed by atoms with Crippen LogP contribution in [-0.4, -0.2) is 48.6 Å². The van der Waals surface area contributed by atoms with Gasteiger partial charge in [-0.3, -0.25) is 9.69 Å². The number of phenols is 1. The second-order valence-corrected chi connectivity index (χ2v) is 4.58. The molecule has 1 atom stereocenters. The molecule has 1 aliphatic rings. The topological polar surface area (TPSA) is 64.6 Å². The van der Waals surface area contributed by atoms with Crippen LogP contribution in [0.2, 0.25) is 0 Å². The van der Waals surface area contributed by atoms with Gasteiger partial charge in [-0.2, -0.15) is 0 Å².